The normalized spacial score (nSPS) is 16.1. The lowest BCUT2D eigenvalue weighted by atomic mass is 9.87. The Labute approximate surface area is 153 Å². The average Bonchev–Trinajstić information content (AvgIpc) is 3.09. The van der Waals surface area contributed by atoms with E-state index in [1.54, 1.807) is 7.11 Å². The Balaban J connectivity index is 1.76. The molecule has 3 rings (SSSR count). The zero-order valence-corrected chi connectivity index (χ0v) is 15.4. The Kier molecular flexibility index (Phi) is 5.46. The van der Waals surface area contributed by atoms with Crippen molar-refractivity contribution in [2.75, 3.05) is 25.6 Å². The third kappa shape index (κ3) is 3.83. The van der Waals surface area contributed by atoms with Gasteiger partial charge in [-0.2, -0.15) is 0 Å². The van der Waals surface area contributed by atoms with Crippen LogP contribution in [0.1, 0.15) is 36.8 Å². The topological polar surface area (TPSA) is 85.6 Å². The Bertz CT molecular complexity index is 766. The molecule has 26 heavy (non-hydrogen) atoms. The summed E-state index contributed by atoms with van der Waals surface area (Å²) < 4.78 is 16.3. The summed E-state index contributed by atoms with van der Waals surface area (Å²) >= 11 is 0. The van der Waals surface area contributed by atoms with E-state index < -0.39 is 5.54 Å². The number of aromatic nitrogens is 1. The van der Waals surface area contributed by atoms with E-state index in [2.05, 4.69) is 22.7 Å². The molecular weight excluding hydrogens is 334 g/mol. The maximum absolute atomic E-state index is 12.7. The summed E-state index contributed by atoms with van der Waals surface area (Å²) in [4.78, 5) is 12.7. The number of ether oxygens (including phenoxy) is 2. The van der Waals surface area contributed by atoms with E-state index in [-0.39, 0.29) is 6.03 Å². The number of amides is 2. The fraction of sp³-hybridized carbons (Fsp3) is 0.474. The maximum Gasteiger partial charge on any atom is 0.320 e. The van der Waals surface area contributed by atoms with Crippen molar-refractivity contribution < 1.29 is 18.8 Å². The first kappa shape index (κ1) is 18.3. The fourth-order valence-corrected chi connectivity index (χ4v) is 3.24. The second-order valence-electron chi connectivity index (χ2n) is 6.49. The van der Waals surface area contributed by atoms with Crippen molar-refractivity contribution in [3.05, 3.63) is 41.3 Å². The minimum absolute atomic E-state index is 0.299. The van der Waals surface area contributed by atoms with Crippen LogP contribution in [0.4, 0.5) is 10.5 Å². The number of carbonyl (C=O) groups is 1. The highest BCUT2D eigenvalue weighted by Crippen LogP contribution is 2.33. The van der Waals surface area contributed by atoms with E-state index in [4.69, 9.17) is 14.0 Å². The molecule has 2 N–H and O–H groups in total. The summed E-state index contributed by atoms with van der Waals surface area (Å²) in [5, 5.41) is 9.92. The van der Waals surface area contributed by atoms with Gasteiger partial charge in [0.05, 0.1) is 12.8 Å². The number of methoxy groups -OCH3 is 1. The molecule has 0 spiro atoms. The van der Waals surface area contributed by atoms with E-state index in [0.29, 0.717) is 37.5 Å². The highest BCUT2D eigenvalue weighted by molar-refractivity contribution is 5.90. The van der Waals surface area contributed by atoms with Crippen LogP contribution in [0.3, 0.4) is 0 Å². The number of hydrogen-bond acceptors (Lipinski definition) is 5. The molecule has 0 aliphatic carbocycles. The number of urea groups is 1. The number of rotatable bonds is 5. The highest BCUT2D eigenvalue weighted by Gasteiger charge is 2.39. The van der Waals surface area contributed by atoms with Gasteiger partial charge in [-0.15, -0.1) is 0 Å². The second-order valence-corrected chi connectivity index (χ2v) is 6.49. The molecule has 1 aromatic carbocycles. The van der Waals surface area contributed by atoms with E-state index in [0.717, 1.165) is 23.4 Å². The van der Waals surface area contributed by atoms with Crippen LogP contribution in [0.5, 0.6) is 5.75 Å². The van der Waals surface area contributed by atoms with Gasteiger partial charge in [-0.05, 0) is 25.0 Å². The van der Waals surface area contributed by atoms with Crippen LogP contribution < -0.4 is 15.4 Å². The Hall–Kier alpha value is -2.54. The summed E-state index contributed by atoms with van der Waals surface area (Å²) in [6, 6.07) is 7.22. The first-order valence-corrected chi connectivity index (χ1v) is 8.84. The molecule has 1 saturated heterocycles. The van der Waals surface area contributed by atoms with Crippen molar-refractivity contribution in [3.63, 3.8) is 0 Å². The molecule has 2 heterocycles. The van der Waals surface area contributed by atoms with E-state index in [1.807, 2.05) is 31.2 Å². The van der Waals surface area contributed by atoms with Crippen LogP contribution in [-0.2, 0) is 16.7 Å². The van der Waals surface area contributed by atoms with Gasteiger partial charge in [-0.25, -0.2) is 4.79 Å². The van der Waals surface area contributed by atoms with Gasteiger partial charge in [0, 0.05) is 43.9 Å². The van der Waals surface area contributed by atoms with E-state index >= 15 is 0 Å². The molecule has 2 amide bonds. The maximum atomic E-state index is 12.7. The Morgan fingerprint density at radius 3 is 2.69 bits per heavy atom. The van der Waals surface area contributed by atoms with Gasteiger partial charge in [0.2, 0.25) is 0 Å². The summed E-state index contributed by atoms with van der Waals surface area (Å²) in [5.41, 5.74) is 1.94. The van der Waals surface area contributed by atoms with Crippen molar-refractivity contribution >= 4 is 11.7 Å². The molecule has 1 fully saturated rings. The second kappa shape index (κ2) is 7.78. The smallest absolute Gasteiger partial charge is 0.320 e. The average molecular weight is 359 g/mol. The molecule has 0 unspecified atom stereocenters. The molecule has 2 aromatic rings. The number of nitrogens with one attached hydrogen (secondary N) is 2. The molecule has 0 saturated carbocycles. The summed E-state index contributed by atoms with van der Waals surface area (Å²) in [5.74, 6) is 1.42. The largest absolute Gasteiger partial charge is 0.496 e. The first-order chi connectivity index (χ1) is 12.6. The van der Waals surface area contributed by atoms with Crippen LogP contribution in [0, 0.1) is 6.92 Å². The predicted octanol–water partition coefficient (Wildman–Crippen LogP) is 3.38. The summed E-state index contributed by atoms with van der Waals surface area (Å²) in [6.07, 6.45) is 2.13. The van der Waals surface area contributed by atoms with Crippen LogP contribution in [0.25, 0.3) is 0 Å². The van der Waals surface area contributed by atoms with Crippen molar-refractivity contribution in [1.82, 2.24) is 10.5 Å². The third-order valence-electron chi connectivity index (χ3n) is 4.72. The SMILES string of the molecule is CCc1ccc(NC(=O)NC2(c3cc(C)no3)CCOCC2)cc1OC. The van der Waals surface area contributed by atoms with Gasteiger partial charge in [0.1, 0.15) is 11.3 Å². The molecular formula is C19H25N3O4. The fourth-order valence-electron chi connectivity index (χ4n) is 3.24. The van der Waals surface area contributed by atoms with Gasteiger partial charge in [0.15, 0.2) is 5.76 Å². The van der Waals surface area contributed by atoms with Gasteiger partial charge >= 0.3 is 6.03 Å². The van der Waals surface area contributed by atoms with Crippen molar-refractivity contribution in [2.45, 2.75) is 38.6 Å². The number of nitrogens with zero attached hydrogens (tertiary/aromatic N) is 1. The van der Waals surface area contributed by atoms with Gasteiger partial charge in [0.25, 0.3) is 0 Å². The summed E-state index contributed by atoms with van der Waals surface area (Å²) in [7, 11) is 1.63. The molecule has 7 heteroatoms. The molecule has 7 nitrogen and oxygen atoms in total. The number of anilines is 1. The van der Waals surface area contributed by atoms with Gasteiger partial charge in [-0.3, -0.25) is 0 Å². The summed E-state index contributed by atoms with van der Waals surface area (Å²) in [6.45, 7) is 5.03. The molecule has 0 atom stereocenters. The predicted molar refractivity (Wildman–Crippen MR) is 97.5 cm³/mol. The number of aryl methyl sites for hydroxylation is 2. The lowest BCUT2D eigenvalue weighted by molar-refractivity contribution is 0.0307. The molecule has 1 aliphatic heterocycles. The molecule has 0 radical (unpaired) electrons. The highest BCUT2D eigenvalue weighted by atomic mass is 16.5. The zero-order valence-electron chi connectivity index (χ0n) is 15.4. The van der Waals surface area contributed by atoms with E-state index in [1.165, 1.54) is 0 Å². The third-order valence-corrected chi connectivity index (χ3v) is 4.72. The number of carbonyl (C=O) groups excluding carboxylic acids is 1. The van der Waals surface area contributed by atoms with Crippen molar-refractivity contribution in [3.8, 4) is 5.75 Å². The molecule has 1 aliphatic rings. The number of hydrogen-bond donors (Lipinski definition) is 2. The Morgan fingerprint density at radius 2 is 2.08 bits per heavy atom. The van der Waals surface area contributed by atoms with Gasteiger partial charge in [-0.1, -0.05) is 18.1 Å². The lowest BCUT2D eigenvalue weighted by Gasteiger charge is -2.35. The van der Waals surface area contributed by atoms with Crippen LogP contribution in [0.2, 0.25) is 0 Å². The van der Waals surface area contributed by atoms with Crippen LogP contribution >= 0.6 is 0 Å². The monoisotopic (exact) mass is 359 g/mol. The minimum Gasteiger partial charge on any atom is -0.496 e. The minimum atomic E-state index is -0.614. The van der Waals surface area contributed by atoms with Crippen molar-refractivity contribution in [2.24, 2.45) is 0 Å². The first-order valence-electron chi connectivity index (χ1n) is 8.84. The van der Waals surface area contributed by atoms with Crippen molar-refractivity contribution in [1.29, 1.82) is 0 Å². The van der Waals surface area contributed by atoms with Crippen LogP contribution in [-0.4, -0.2) is 31.5 Å². The zero-order chi connectivity index (χ0) is 18.6. The van der Waals surface area contributed by atoms with Crippen LogP contribution in [0.15, 0.2) is 28.8 Å². The van der Waals surface area contributed by atoms with Gasteiger partial charge < -0.3 is 24.6 Å². The quantitative estimate of drug-likeness (QED) is 0.855. The van der Waals surface area contributed by atoms with E-state index in [9.17, 15) is 4.79 Å². The molecule has 140 valence electrons. The number of benzene rings is 1. The molecule has 1 aromatic heterocycles. The Morgan fingerprint density at radius 1 is 1.31 bits per heavy atom. The molecule has 0 bridgehead atoms. The standard InChI is InChI=1S/C19H25N3O4/c1-4-14-5-6-15(12-16(14)24-3)20-18(23)21-19(7-9-25-10-8-19)17-11-13(2)22-26-17/h5-6,11-12H,4,7-10H2,1-3H3,(H2,20,21,23). The lowest BCUT2D eigenvalue weighted by Crippen LogP contribution is -2.50.